The topological polar surface area (TPSA) is 123 Å². The van der Waals surface area contributed by atoms with E-state index >= 15 is 0 Å². The van der Waals surface area contributed by atoms with E-state index in [1.54, 1.807) is 26.1 Å². The molecule has 0 aliphatic carbocycles. The van der Waals surface area contributed by atoms with E-state index in [4.69, 9.17) is 4.74 Å². The number of ether oxygens (including phenoxy) is 1. The number of nitrogens with zero attached hydrogens (tertiary/aromatic N) is 2. The Morgan fingerprint density at radius 2 is 1.61 bits per heavy atom. The monoisotopic (exact) mass is 613 g/mol. The molecule has 13 heteroatoms. The second-order valence-corrected chi connectivity index (χ2v) is 10.7. The number of nitrogens with one attached hydrogen (secondary N) is 3. The molecular formula is C31H34F3N5O5. The van der Waals surface area contributed by atoms with Gasteiger partial charge in [0.25, 0.3) is 5.91 Å². The fourth-order valence-corrected chi connectivity index (χ4v) is 4.65. The summed E-state index contributed by atoms with van der Waals surface area (Å²) >= 11 is 0. The van der Waals surface area contributed by atoms with Crippen LogP contribution < -0.4 is 20.7 Å². The highest BCUT2D eigenvalue weighted by Crippen LogP contribution is 2.32. The van der Waals surface area contributed by atoms with Gasteiger partial charge in [-0.1, -0.05) is 25.1 Å². The van der Waals surface area contributed by atoms with Gasteiger partial charge in [0.15, 0.2) is 0 Å². The number of para-hydroxylation sites is 1. The van der Waals surface area contributed by atoms with Gasteiger partial charge in [-0.05, 0) is 61.5 Å². The number of rotatable bonds is 7. The van der Waals surface area contributed by atoms with Crippen molar-refractivity contribution in [2.45, 2.75) is 32.2 Å². The first-order valence-electron chi connectivity index (χ1n) is 13.9. The molecule has 0 aromatic heterocycles. The number of benzene rings is 3. The minimum atomic E-state index is -4.50. The molecule has 5 amide bonds. The van der Waals surface area contributed by atoms with Gasteiger partial charge in [-0.25, -0.2) is 9.59 Å². The number of hydrogen-bond donors (Lipinski definition) is 4. The Balaban J connectivity index is 1.53. The Labute approximate surface area is 252 Å². The minimum Gasteiger partial charge on any atom is -0.487 e. The summed E-state index contributed by atoms with van der Waals surface area (Å²) in [6, 6.07) is 15.8. The molecule has 0 saturated heterocycles. The van der Waals surface area contributed by atoms with E-state index in [2.05, 4.69) is 16.0 Å². The Morgan fingerprint density at radius 1 is 1.00 bits per heavy atom. The van der Waals surface area contributed by atoms with Crippen LogP contribution in [0.15, 0.2) is 72.8 Å². The van der Waals surface area contributed by atoms with Gasteiger partial charge in [-0.3, -0.25) is 4.79 Å². The van der Waals surface area contributed by atoms with Crippen molar-refractivity contribution in [2.75, 3.05) is 42.7 Å². The van der Waals surface area contributed by atoms with Crippen LogP contribution in [0.2, 0.25) is 0 Å². The summed E-state index contributed by atoms with van der Waals surface area (Å²) in [5.41, 5.74) is 0.289. The number of amides is 5. The molecule has 1 aliphatic rings. The van der Waals surface area contributed by atoms with Gasteiger partial charge >= 0.3 is 18.2 Å². The third-order valence-corrected chi connectivity index (χ3v) is 7.22. The average molecular weight is 614 g/mol. The van der Waals surface area contributed by atoms with Crippen LogP contribution in [0.25, 0.3) is 0 Å². The van der Waals surface area contributed by atoms with Crippen LogP contribution in [0.1, 0.15) is 29.8 Å². The first-order valence-corrected chi connectivity index (χ1v) is 13.9. The molecule has 234 valence electrons. The van der Waals surface area contributed by atoms with E-state index in [9.17, 15) is 32.7 Å². The van der Waals surface area contributed by atoms with Gasteiger partial charge in [0.2, 0.25) is 0 Å². The zero-order chi connectivity index (χ0) is 32.0. The minimum absolute atomic E-state index is 0.130. The van der Waals surface area contributed by atoms with Crippen LogP contribution >= 0.6 is 0 Å². The van der Waals surface area contributed by atoms with Gasteiger partial charge in [0.05, 0.1) is 30.3 Å². The second-order valence-electron chi connectivity index (χ2n) is 10.7. The highest BCUT2D eigenvalue weighted by Gasteiger charge is 2.34. The van der Waals surface area contributed by atoms with Crippen LogP contribution in [-0.4, -0.2) is 71.8 Å². The number of aliphatic hydroxyl groups is 1. The maximum atomic E-state index is 13.7. The molecule has 0 bridgehead atoms. The van der Waals surface area contributed by atoms with Crippen molar-refractivity contribution in [3.8, 4) is 5.75 Å². The van der Waals surface area contributed by atoms with Gasteiger partial charge < -0.3 is 35.6 Å². The first-order chi connectivity index (χ1) is 20.8. The van der Waals surface area contributed by atoms with Crippen LogP contribution in [0.5, 0.6) is 5.75 Å². The molecular weight excluding hydrogens is 579 g/mol. The number of hydrogen-bond acceptors (Lipinski definition) is 5. The summed E-state index contributed by atoms with van der Waals surface area (Å²) in [6.45, 7) is 3.73. The maximum absolute atomic E-state index is 13.7. The number of likely N-dealkylation sites (N-methyl/N-ethyl adjacent to an activating group) is 1. The molecule has 0 saturated carbocycles. The molecule has 0 fully saturated rings. The SMILES string of the molecule is C[C@H]1CN([C@@H](C)CO)C(=O)c2cc(NC(=O)Nc3ccc(C(F)(F)F)cc3)ccc2O[C@@H]1CN(C)C(=O)Nc1ccccc1. The number of halogens is 3. The molecule has 1 heterocycles. The molecule has 0 radical (unpaired) electrons. The number of anilines is 3. The molecule has 3 aromatic carbocycles. The predicted octanol–water partition coefficient (Wildman–Crippen LogP) is 5.73. The molecule has 3 aromatic rings. The lowest BCUT2D eigenvalue weighted by atomic mass is 9.99. The van der Waals surface area contributed by atoms with Crippen molar-refractivity contribution < 1.29 is 37.4 Å². The highest BCUT2D eigenvalue weighted by atomic mass is 19.4. The first kappa shape index (κ1) is 32.1. The Bertz CT molecular complexity index is 1470. The van der Waals surface area contributed by atoms with E-state index in [-0.39, 0.29) is 54.3 Å². The molecule has 4 rings (SSSR count). The molecule has 4 N–H and O–H groups in total. The summed E-state index contributed by atoms with van der Waals surface area (Å²) in [5, 5.41) is 17.8. The van der Waals surface area contributed by atoms with E-state index in [1.165, 1.54) is 28.0 Å². The lowest BCUT2D eigenvalue weighted by Crippen LogP contribution is -2.50. The lowest BCUT2D eigenvalue weighted by Gasteiger charge is -2.38. The van der Waals surface area contributed by atoms with Crippen LogP contribution in [0.3, 0.4) is 0 Å². The van der Waals surface area contributed by atoms with Crippen molar-refractivity contribution in [1.82, 2.24) is 9.80 Å². The van der Waals surface area contributed by atoms with Crippen molar-refractivity contribution in [3.63, 3.8) is 0 Å². The van der Waals surface area contributed by atoms with E-state index in [0.717, 1.165) is 24.3 Å². The van der Waals surface area contributed by atoms with Gasteiger partial charge in [0, 0.05) is 36.6 Å². The number of carbonyl (C=O) groups is 3. The zero-order valence-corrected chi connectivity index (χ0v) is 24.4. The number of aliphatic hydroxyl groups excluding tert-OH is 1. The number of carbonyl (C=O) groups excluding carboxylic acids is 3. The summed E-state index contributed by atoms with van der Waals surface area (Å²) in [7, 11) is 1.63. The molecule has 1 aliphatic heterocycles. The third-order valence-electron chi connectivity index (χ3n) is 7.22. The van der Waals surface area contributed by atoms with Crippen LogP contribution in [-0.2, 0) is 6.18 Å². The normalized spacial score (nSPS) is 17.3. The van der Waals surface area contributed by atoms with Crippen LogP contribution in [0.4, 0.5) is 39.8 Å². The second kappa shape index (κ2) is 13.7. The van der Waals surface area contributed by atoms with Crippen molar-refractivity contribution in [2.24, 2.45) is 5.92 Å². The van der Waals surface area contributed by atoms with Crippen molar-refractivity contribution >= 4 is 35.0 Å². The number of fused-ring (bicyclic) bond motifs is 1. The fraction of sp³-hybridized carbons (Fsp3) is 0.323. The van der Waals surface area contributed by atoms with Gasteiger partial charge in [-0.15, -0.1) is 0 Å². The van der Waals surface area contributed by atoms with Crippen LogP contribution in [0, 0.1) is 5.92 Å². The van der Waals surface area contributed by atoms with E-state index in [0.29, 0.717) is 5.69 Å². The third kappa shape index (κ3) is 7.98. The highest BCUT2D eigenvalue weighted by molar-refractivity contribution is 6.02. The largest absolute Gasteiger partial charge is 0.487 e. The number of urea groups is 2. The average Bonchev–Trinajstić information content (AvgIpc) is 2.99. The molecule has 3 atom stereocenters. The van der Waals surface area contributed by atoms with Gasteiger partial charge in [0.1, 0.15) is 11.9 Å². The predicted molar refractivity (Wildman–Crippen MR) is 160 cm³/mol. The summed E-state index contributed by atoms with van der Waals surface area (Å²) < 4.78 is 44.8. The standard InChI is InChI=1S/C31H34F3N5O5/c1-19-16-39(20(2)18-40)28(41)25-15-24(36-29(42)35-23-11-9-21(10-12-23)31(32,33)34)13-14-26(25)44-27(19)17-38(3)30(43)37-22-7-5-4-6-8-22/h4-15,19-20,27,40H,16-18H2,1-3H3,(H,37,43)(H2,35,36,42)/t19-,20-,27+/m0/s1. The summed E-state index contributed by atoms with van der Waals surface area (Å²) in [5.74, 6) is -0.429. The van der Waals surface area contributed by atoms with Crippen molar-refractivity contribution in [3.05, 3.63) is 83.9 Å². The van der Waals surface area contributed by atoms with Crippen molar-refractivity contribution in [1.29, 1.82) is 0 Å². The fourth-order valence-electron chi connectivity index (χ4n) is 4.65. The molecule has 0 spiro atoms. The zero-order valence-electron chi connectivity index (χ0n) is 24.4. The molecule has 10 nitrogen and oxygen atoms in total. The maximum Gasteiger partial charge on any atom is 0.416 e. The molecule has 44 heavy (non-hydrogen) atoms. The van der Waals surface area contributed by atoms with E-state index in [1.807, 2.05) is 25.1 Å². The van der Waals surface area contributed by atoms with E-state index < -0.39 is 35.8 Å². The number of alkyl halides is 3. The summed E-state index contributed by atoms with van der Waals surface area (Å²) in [6.07, 6.45) is -5.04. The Morgan fingerprint density at radius 3 is 2.25 bits per heavy atom. The van der Waals surface area contributed by atoms with Gasteiger partial charge in [-0.2, -0.15) is 13.2 Å². The smallest absolute Gasteiger partial charge is 0.416 e. The summed E-state index contributed by atoms with van der Waals surface area (Å²) in [4.78, 5) is 42.2. The quantitative estimate of drug-likeness (QED) is 0.271. The Hall–Kier alpha value is -4.78. The Kier molecular flexibility index (Phi) is 9.99. The molecule has 0 unspecified atom stereocenters. The lowest BCUT2D eigenvalue weighted by molar-refractivity contribution is -0.137.